The zero-order chi connectivity index (χ0) is 19.2. The number of nitrogens with one attached hydrogen (secondary N) is 1. The Morgan fingerprint density at radius 3 is 2.81 bits per heavy atom. The molecule has 7 heteroatoms. The maximum atomic E-state index is 12.7. The summed E-state index contributed by atoms with van der Waals surface area (Å²) in [4.78, 5) is 29.5. The molecule has 0 atom stereocenters. The molecule has 3 rings (SSSR count). The summed E-state index contributed by atoms with van der Waals surface area (Å²) in [6.45, 7) is 2.99. The zero-order valence-electron chi connectivity index (χ0n) is 14.9. The minimum atomic E-state index is -0.120. The number of amides is 1. The number of thioether (sulfide) groups is 1. The van der Waals surface area contributed by atoms with Crippen molar-refractivity contribution in [2.45, 2.75) is 31.6 Å². The molecule has 0 bridgehead atoms. The third kappa shape index (κ3) is 4.90. The fourth-order valence-electron chi connectivity index (χ4n) is 2.71. The molecule has 27 heavy (non-hydrogen) atoms. The van der Waals surface area contributed by atoms with E-state index in [1.807, 2.05) is 43.3 Å². The van der Waals surface area contributed by atoms with E-state index in [2.05, 4.69) is 10.3 Å². The Morgan fingerprint density at radius 2 is 2.04 bits per heavy atom. The smallest absolute Gasteiger partial charge is 0.262 e. The second-order valence-corrected chi connectivity index (χ2v) is 7.44. The molecule has 0 aliphatic heterocycles. The SMILES string of the molecule is CCCn1c(SCC(=O)NCc2cccc(Cl)c2)nc2ccccc2c1=O. The largest absolute Gasteiger partial charge is 0.351 e. The van der Waals surface area contributed by atoms with Crippen LogP contribution >= 0.6 is 23.4 Å². The van der Waals surface area contributed by atoms with Crippen molar-refractivity contribution < 1.29 is 4.79 Å². The van der Waals surface area contributed by atoms with Gasteiger partial charge in [0.25, 0.3) is 5.56 Å². The van der Waals surface area contributed by atoms with Gasteiger partial charge in [0.15, 0.2) is 5.16 Å². The van der Waals surface area contributed by atoms with Gasteiger partial charge in [-0.1, -0.05) is 54.6 Å². The van der Waals surface area contributed by atoms with Gasteiger partial charge in [0.2, 0.25) is 5.91 Å². The fourth-order valence-corrected chi connectivity index (χ4v) is 3.78. The summed E-state index contributed by atoms with van der Waals surface area (Å²) in [5.41, 5.74) is 1.52. The van der Waals surface area contributed by atoms with Crippen molar-refractivity contribution >= 4 is 40.2 Å². The number of halogens is 1. The van der Waals surface area contributed by atoms with Crippen LogP contribution in [0.4, 0.5) is 0 Å². The number of hydrogen-bond acceptors (Lipinski definition) is 4. The third-order valence-electron chi connectivity index (χ3n) is 3.98. The molecule has 0 aliphatic rings. The van der Waals surface area contributed by atoms with Crippen molar-refractivity contribution in [1.82, 2.24) is 14.9 Å². The Bertz CT molecular complexity index is 1020. The van der Waals surface area contributed by atoms with E-state index in [0.29, 0.717) is 34.2 Å². The van der Waals surface area contributed by atoms with E-state index in [1.54, 1.807) is 16.7 Å². The first-order chi connectivity index (χ1) is 13.1. The first kappa shape index (κ1) is 19.5. The molecule has 0 unspecified atom stereocenters. The van der Waals surface area contributed by atoms with E-state index in [9.17, 15) is 9.59 Å². The van der Waals surface area contributed by atoms with Crippen LogP contribution in [0, 0.1) is 0 Å². The van der Waals surface area contributed by atoms with E-state index in [1.165, 1.54) is 11.8 Å². The van der Waals surface area contributed by atoms with E-state index < -0.39 is 0 Å². The number of hydrogen-bond donors (Lipinski definition) is 1. The summed E-state index contributed by atoms with van der Waals surface area (Å²) in [6.07, 6.45) is 0.814. The van der Waals surface area contributed by atoms with Crippen LogP contribution in [0.5, 0.6) is 0 Å². The van der Waals surface area contributed by atoms with Crippen molar-refractivity contribution in [3.05, 3.63) is 69.5 Å². The second kappa shape index (κ2) is 9.06. The summed E-state index contributed by atoms with van der Waals surface area (Å²) < 4.78 is 1.65. The van der Waals surface area contributed by atoms with Crippen molar-refractivity contribution in [1.29, 1.82) is 0 Å². The van der Waals surface area contributed by atoms with Crippen LogP contribution in [-0.2, 0) is 17.9 Å². The fraction of sp³-hybridized carbons (Fsp3) is 0.250. The van der Waals surface area contributed by atoms with Gasteiger partial charge in [0, 0.05) is 18.1 Å². The second-order valence-electron chi connectivity index (χ2n) is 6.06. The highest BCUT2D eigenvalue weighted by atomic mass is 35.5. The molecule has 0 radical (unpaired) electrons. The number of carbonyl (C=O) groups excluding carboxylic acids is 1. The summed E-state index contributed by atoms with van der Waals surface area (Å²) in [5, 5.41) is 4.67. The van der Waals surface area contributed by atoms with Crippen LogP contribution in [0.15, 0.2) is 58.5 Å². The Balaban J connectivity index is 1.71. The van der Waals surface area contributed by atoms with Gasteiger partial charge in [-0.15, -0.1) is 0 Å². The van der Waals surface area contributed by atoms with Crippen molar-refractivity contribution in [3.63, 3.8) is 0 Å². The number of para-hydroxylation sites is 1. The highest BCUT2D eigenvalue weighted by molar-refractivity contribution is 7.99. The van der Waals surface area contributed by atoms with E-state index in [4.69, 9.17) is 11.6 Å². The summed E-state index contributed by atoms with van der Waals surface area (Å²) >= 11 is 7.23. The van der Waals surface area contributed by atoms with Crippen molar-refractivity contribution in [2.75, 3.05) is 5.75 Å². The molecule has 0 fully saturated rings. The molecule has 0 saturated heterocycles. The van der Waals surface area contributed by atoms with Crippen LogP contribution in [0.2, 0.25) is 5.02 Å². The van der Waals surface area contributed by atoms with Gasteiger partial charge >= 0.3 is 0 Å². The minimum Gasteiger partial charge on any atom is -0.351 e. The number of carbonyl (C=O) groups is 1. The molecule has 140 valence electrons. The van der Waals surface area contributed by atoms with E-state index in [0.717, 1.165) is 12.0 Å². The van der Waals surface area contributed by atoms with Crippen LogP contribution in [0.3, 0.4) is 0 Å². The predicted molar refractivity (Wildman–Crippen MR) is 110 cm³/mol. The lowest BCUT2D eigenvalue weighted by molar-refractivity contribution is -0.118. The Labute approximate surface area is 166 Å². The number of rotatable bonds is 7. The van der Waals surface area contributed by atoms with Gasteiger partial charge in [-0.3, -0.25) is 14.2 Å². The standard InChI is InChI=1S/C20H20ClN3O2S/c1-2-10-24-19(26)16-8-3-4-9-17(16)23-20(24)27-13-18(25)22-12-14-6-5-7-15(21)11-14/h3-9,11H,2,10,12-13H2,1H3,(H,22,25). The van der Waals surface area contributed by atoms with Crippen LogP contribution in [0.25, 0.3) is 10.9 Å². The monoisotopic (exact) mass is 401 g/mol. The van der Waals surface area contributed by atoms with Crippen molar-refractivity contribution in [2.24, 2.45) is 0 Å². The molecular weight excluding hydrogens is 382 g/mol. The molecule has 0 spiro atoms. The van der Waals surface area contributed by atoms with Gasteiger partial charge in [0.1, 0.15) is 0 Å². The zero-order valence-corrected chi connectivity index (χ0v) is 16.5. The Kier molecular flexibility index (Phi) is 6.53. The van der Waals surface area contributed by atoms with E-state index >= 15 is 0 Å². The molecular formula is C20H20ClN3O2S. The topological polar surface area (TPSA) is 64.0 Å². The van der Waals surface area contributed by atoms with Crippen molar-refractivity contribution in [3.8, 4) is 0 Å². The normalized spacial score (nSPS) is 10.9. The minimum absolute atomic E-state index is 0.0655. The Morgan fingerprint density at radius 1 is 1.22 bits per heavy atom. The maximum absolute atomic E-state index is 12.7. The van der Waals surface area contributed by atoms with Crippen LogP contribution in [-0.4, -0.2) is 21.2 Å². The number of benzene rings is 2. The van der Waals surface area contributed by atoms with Gasteiger partial charge in [-0.2, -0.15) is 0 Å². The van der Waals surface area contributed by atoms with Gasteiger partial charge in [-0.05, 0) is 36.2 Å². The average molecular weight is 402 g/mol. The molecule has 1 aromatic heterocycles. The molecule has 3 aromatic rings. The van der Waals surface area contributed by atoms with Crippen LogP contribution in [0.1, 0.15) is 18.9 Å². The molecule has 5 nitrogen and oxygen atoms in total. The molecule has 0 aliphatic carbocycles. The lowest BCUT2D eigenvalue weighted by Crippen LogP contribution is -2.26. The summed E-state index contributed by atoms with van der Waals surface area (Å²) in [5.74, 6) is 0.0696. The Hall–Kier alpha value is -2.31. The highest BCUT2D eigenvalue weighted by Gasteiger charge is 2.12. The number of fused-ring (bicyclic) bond motifs is 1. The summed E-state index contributed by atoms with van der Waals surface area (Å²) in [7, 11) is 0. The first-order valence-electron chi connectivity index (χ1n) is 8.72. The molecule has 1 heterocycles. The average Bonchev–Trinajstić information content (AvgIpc) is 2.67. The third-order valence-corrected chi connectivity index (χ3v) is 5.20. The molecule has 1 N–H and O–H groups in total. The molecule has 0 saturated carbocycles. The van der Waals surface area contributed by atoms with E-state index in [-0.39, 0.29) is 17.2 Å². The van der Waals surface area contributed by atoms with Crippen LogP contribution < -0.4 is 10.9 Å². The maximum Gasteiger partial charge on any atom is 0.262 e. The molecule has 2 aromatic carbocycles. The lowest BCUT2D eigenvalue weighted by atomic mass is 10.2. The predicted octanol–water partition coefficient (Wildman–Crippen LogP) is 3.87. The number of aromatic nitrogens is 2. The highest BCUT2D eigenvalue weighted by Crippen LogP contribution is 2.18. The quantitative estimate of drug-likeness (QED) is 0.482. The van der Waals surface area contributed by atoms with Gasteiger partial charge in [-0.25, -0.2) is 4.98 Å². The number of nitrogens with zero attached hydrogens (tertiary/aromatic N) is 2. The summed E-state index contributed by atoms with van der Waals surface area (Å²) in [6, 6.07) is 14.6. The molecule has 1 amide bonds. The lowest BCUT2D eigenvalue weighted by Gasteiger charge is -2.12. The van der Waals surface area contributed by atoms with Gasteiger partial charge < -0.3 is 5.32 Å². The first-order valence-corrected chi connectivity index (χ1v) is 10.1. The van der Waals surface area contributed by atoms with Gasteiger partial charge in [0.05, 0.1) is 16.7 Å².